The molecule has 2 rings (SSSR count). The number of carbonyl (C=O) groups excluding carboxylic acids is 1. The van der Waals surface area contributed by atoms with Crippen molar-refractivity contribution in [3.63, 3.8) is 0 Å². The topological polar surface area (TPSA) is 29.1 Å². The lowest BCUT2D eigenvalue weighted by Crippen LogP contribution is -2.36. The highest BCUT2D eigenvalue weighted by molar-refractivity contribution is 5.94. The molecule has 0 aliphatic heterocycles. The average molecular weight is 202 g/mol. The standard InChI is InChI=1S/C13H16NO/c15-13(11-7-3-1-4-8-11)14-12-9-5-2-6-10-12/h1,3,7-8,12H,2,5-6,9-10H2,(H,14,15). The van der Waals surface area contributed by atoms with Crippen LogP contribution in [-0.4, -0.2) is 11.9 Å². The van der Waals surface area contributed by atoms with Crippen LogP contribution >= 0.6 is 0 Å². The summed E-state index contributed by atoms with van der Waals surface area (Å²) in [7, 11) is 0. The fourth-order valence-corrected chi connectivity index (χ4v) is 2.05. The molecule has 1 aliphatic rings. The number of carbonyl (C=O) groups is 1. The maximum Gasteiger partial charge on any atom is 0.251 e. The number of nitrogens with one attached hydrogen (secondary N) is 1. The van der Waals surface area contributed by atoms with E-state index in [1.54, 1.807) is 12.1 Å². The molecule has 1 radical (unpaired) electrons. The van der Waals surface area contributed by atoms with Crippen molar-refractivity contribution >= 4 is 5.91 Å². The first kappa shape index (κ1) is 10.2. The molecule has 1 aromatic rings. The van der Waals surface area contributed by atoms with Gasteiger partial charge in [-0.05, 0) is 31.0 Å². The van der Waals surface area contributed by atoms with Gasteiger partial charge >= 0.3 is 0 Å². The Morgan fingerprint density at radius 3 is 2.80 bits per heavy atom. The number of benzene rings is 1. The lowest BCUT2D eigenvalue weighted by molar-refractivity contribution is 0.0927. The Kier molecular flexibility index (Phi) is 3.38. The van der Waals surface area contributed by atoms with Crippen molar-refractivity contribution in [2.75, 3.05) is 0 Å². The molecule has 0 bridgehead atoms. The van der Waals surface area contributed by atoms with E-state index in [-0.39, 0.29) is 5.91 Å². The highest BCUT2D eigenvalue weighted by atomic mass is 16.1. The second kappa shape index (κ2) is 4.96. The van der Waals surface area contributed by atoms with Gasteiger partial charge in [-0.2, -0.15) is 0 Å². The normalized spacial score (nSPS) is 17.3. The Labute approximate surface area is 90.7 Å². The lowest BCUT2D eigenvalue weighted by Gasteiger charge is -2.22. The van der Waals surface area contributed by atoms with E-state index in [2.05, 4.69) is 11.4 Å². The van der Waals surface area contributed by atoms with Crippen LogP contribution in [-0.2, 0) is 0 Å². The number of amides is 1. The van der Waals surface area contributed by atoms with Crippen molar-refractivity contribution in [3.05, 3.63) is 35.9 Å². The predicted molar refractivity (Wildman–Crippen MR) is 59.6 cm³/mol. The molecule has 1 fully saturated rings. The van der Waals surface area contributed by atoms with Gasteiger partial charge in [-0.15, -0.1) is 0 Å². The Bertz CT molecular complexity index is 315. The molecule has 2 nitrogen and oxygen atoms in total. The minimum absolute atomic E-state index is 0.0405. The van der Waals surface area contributed by atoms with E-state index in [0.717, 1.165) is 12.8 Å². The molecule has 1 saturated carbocycles. The second-order valence-electron chi connectivity index (χ2n) is 4.10. The highest BCUT2D eigenvalue weighted by Crippen LogP contribution is 2.17. The summed E-state index contributed by atoms with van der Waals surface area (Å²) in [5.74, 6) is 0.0405. The summed E-state index contributed by atoms with van der Waals surface area (Å²) in [4.78, 5) is 11.8. The molecule has 2 heteroatoms. The van der Waals surface area contributed by atoms with Crippen LogP contribution in [0.25, 0.3) is 0 Å². The van der Waals surface area contributed by atoms with E-state index in [0.29, 0.717) is 11.6 Å². The van der Waals surface area contributed by atoms with Gasteiger partial charge in [-0.1, -0.05) is 31.4 Å². The van der Waals surface area contributed by atoms with Crippen LogP contribution < -0.4 is 5.32 Å². The second-order valence-corrected chi connectivity index (χ2v) is 4.10. The van der Waals surface area contributed by atoms with Crippen molar-refractivity contribution in [2.24, 2.45) is 0 Å². The number of rotatable bonds is 2. The third-order valence-electron chi connectivity index (χ3n) is 2.91. The molecule has 15 heavy (non-hydrogen) atoms. The molecule has 0 saturated heterocycles. The van der Waals surface area contributed by atoms with Crippen molar-refractivity contribution in [1.29, 1.82) is 0 Å². The quantitative estimate of drug-likeness (QED) is 0.784. The van der Waals surface area contributed by atoms with Crippen LogP contribution in [0.2, 0.25) is 0 Å². The summed E-state index contributed by atoms with van der Waals surface area (Å²) in [6, 6.07) is 10.5. The zero-order valence-electron chi connectivity index (χ0n) is 8.83. The fourth-order valence-electron chi connectivity index (χ4n) is 2.05. The molecule has 1 N–H and O–H groups in total. The van der Waals surface area contributed by atoms with Gasteiger partial charge in [0, 0.05) is 11.6 Å². The first-order valence-electron chi connectivity index (χ1n) is 5.63. The zero-order chi connectivity index (χ0) is 10.5. The SMILES string of the molecule is O=C(NC1CCCCC1)c1c[c]ccc1. The van der Waals surface area contributed by atoms with Gasteiger partial charge in [-0.3, -0.25) is 4.79 Å². The lowest BCUT2D eigenvalue weighted by atomic mass is 9.95. The molecule has 1 aromatic carbocycles. The minimum Gasteiger partial charge on any atom is -0.349 e. The smallest absolute Gasteiger partial charge is 0.251 e. The average Bonchev–Trinajstić information content (AvgIpc) is 2.31. The largest absolute Gasteiger partial charge is 0.349 e. The molecule has 1 amide bonds. The van der Waals surface area contributed by atoms with Crippen molar-refractivity contribution in [2.45, 2.75) is 38.1 Å². The van der Waals surface area contributed by atoms with Crippen molar-refractivity contribution < 1.29 is 4.79 Å². The number of hydrogen-bond donors (Lipinski definition) is 1. The Hall–Kier alpha value is -1.31. The van der Waals surface area contributed by atoms with Crippen molar-refractivity contribution in [1.82, 2.24) is 5.32 Å². The van der Waals surface area contributed by atoms with E-state index >= 15 is 0 Å². The molecule has 79 valence electrons. The van der Waals surface area contributed by atoms with E-state index < -0.39 is 0 Å². The van der Waals surface area contributed by atoms with Crippen LogP contribution in [0.1, 0.15) is 42.5 Å². The summed E-state index contributed by atoms with van der Waals surface area (Å²) in [6.45, 7) is 0. The first-order chi connectivity index (χ1) is 7.36. The Morgan fingerprint density at radius 2 is 2.13 bits per heavy atom. The first-order valence-corrected chi connectivity index (χ1v) is 5.63. The van der Waals surface area contributed by atoms with E-state index in [1.165, 1.54) is 19.3 Å². The molecule has 0 spiro atoms. The van der Waals surface area contributed by atoms with Crippen LogP contribution in [0.15, 0.2) is 24.3 Å². The van der Waals surface area contributed by atoms with Gasteiger partial charge in [0.05, 0.1) is 0 Å². The third-order valence-corrected chi connectivity index (χ3v) is 2.91. The van der Waals surface area contributed by atoms with Gasteiger partial charge in [0.2, 0.25) is 0 Å². The van der Waals surface area contributed by atoms with Crippen LogP contribution in [0.3, 0.4) is 0 Å². The van der Waals surface area contributed by atoms with Gasteiger partial charge in [0.1, 0.15) is 0 Å². The molecular formula is C13H16NO. The number of hydrogen-bond acceptors (Lipinski definition) is 1. The van der Waals surface area contributed by atoms with Gasteiger partial charge < -0.3 is 5.32 Å². The molecule has 0 unspecified atom stereocenters. The maximum atomic E-state index is 11.8. The summed E-state index contributed by atoms with van der Waals surface area (Å²) in [5.41, 5.74) is 0.711. The molecule has 0 atom stereocenters. The van der Waals surface area contributed by atoms with Gasteiger partial charge in [-0.25, -0.2) is 0 Å². The van der Waals surface area contributed by atoms with E-state index in [1.807, 2.05) is 12.1 Å². The molecule has 1 aliphatic carbocycles. The predicted octanol–water partition coefficient (Wildman–Crippen LogP) is 2.55. The van der Waals surface area contributed by atoms with E-state index in [4.69, 9.17) is 0 Å². The van der Waals surface area contributed by atoms with Crippen LogP contribution in [0.5, 0.6) is 0 Å². The third kappa shape index (κ3) is 2.82. The minimum atomic E-state index is 0.0405. The summed E-state index contributed by atoms with van der Waals surface area (Å²) < 4.78 is 0. The van der Waals surface area contributed by atoms with Crippen LogP contribution in [0, 0.1) is 6.07 Å². The monoisotopic (exact) mass is 202 g/mol. The van der Waals surface area contributed by atoms with Gasteiger partial charge in [0.15, 0.2) is 0 Å². The van der Waals surface area contributed by atoms with Crippen LogP contribution in [0.4, 0.5) is 0 Å². The summed E-state index contributed by atoms with van der Waals surface area (Å²) in [6.07, 6.45) is 6.05. The summed E-state index contributed by atoms with van der Waals surface area (Å²) in [5, 5.41) is 3.08. The van der Waals surface area contributed by atoms with Crippen molar-refractivity contribution in [3.8, 4) is 0 Å². The maximum absolute atomic E-state index is 11.8. The molecule has 0 aromatic heterocycles. The van der Waals surface area contributed by atoms with Gasteiger partial charge in [0.25, 0.3) is 5.91 Å². The highest BCUT2D eigenvalue weighted by Gasteiger charge is 2.15. The zero-order valence-corrected chi connectivity index (χ0v) is 8.83. The van der Waals surface area contributed by atoms with E-state index in [9.17, 15) is 4.79 Å². The summed E-state index contributed by atoms with van der Waals surface area (Å²) >= 11 is 0. The Balaban J connectivity index is 1.91. The fraction of sp³-hybridized carbons (Fsp3) is 0.462. The molecular weight excluding hydrogens is 186 g/mol. The Morgan fingerprint density at radius 1 is 1.33 bits per heavy atom. The molecule has 0 heterocycles.